The van der Waals surface area contributed by atoms with Crippen molar-refractivity contribution in [3.05, 3.63) is 0 Å². The van der Waals surface area contributed by atoms with Gasteiger partial charge < -0.3 is 0 Å². The van der Waals surface area contributed by atoms with Gasteiger partial charge in [0.05, 0.1) is 0 Å². The molecule has 0 rings (SSSR count). The van der Waals surface area contributed by atoms with Crippen molar-refractivity contribution in [2.75, 3.05) is 0 Å². The number of hydrogen-bond donors (Lipinski definition) is 0. The molecule has 0 unspecified atom stereocenters. The molecule has 0 fully saturated rings. The summed E-state index contributed by atoms with van der Waals surface area (Å²) in [6.07, 6.45) is 0. The Kier molecular flexibility index (Phi) is 1370. The second kappa shape index (κ2) is 273. The monoisotopic (exact) mass is 632 g/mol. The maximum absolute atomic E-state index is 2.00. The van der Waals surface area contributed by atoms with E-state index in [1.54, 1.807) is 0 Å². The first kappa shape index (κ1) is 60.4. The standard InChI is InChI=1S/4C2H6.4HI/c4*1-2;;;;/h4*1-2H3;4*1H. The Morgan fingerprint density at radius 2 is 0.250 bits per heavy atom. The Morgan fingerprint density at radius 3 is 0.250 bits per heavy atom. The Morgan fingerprint density at radius 1 is 0.250 bits per heavy atom. The van der Waals surface area contributed by atoms with Crippen molar-refractivity contribution < 1.29 is 0 Å². The van der Waals surface area contributed by atoms with Crippen LogP contribution in [0.3, 0.4) is 0 Å². The minimum Gasteiger partial charge on any atom is -0.107 e. The van der Waals surface area contributed by atoms with Gasteiger partial charge in [-0.15, -0.1) is 95.9 Å². The molecule has 0 aliphatic heterocycles. The van der Waals surface area contributed by atoms with E-state index < -0.39 is 0 Å². The Balaban J connectivity index is -0.00000000267. The van der Waals surface area contributed by atoms with Crippen molar-refractivity contribution in [1.82, 2.24) is 0 Å². The average molecular weight is 632 g/mol. The van der Waals surface area contributed by atoms with Crippen LogP contribution in [0.4, 0.5) is 0 Å². The average Bonchev–Trinajstić information content (AvgIpc) is 2.03. The molecule has 0 N–H and O–H groups in total. The minimum atomic E-state index is 0. The van der Waals surface area contributed by atoms with Gasteiger partial charge in [0.2, 0.25) is 0 Å². The van der Waals surface area contributed by atoms with Crippen LogP contribution < -0.4 is 0 Å². The molecule has 0 saturated heterocycles. The predicted molar refractivity (Wildman–Crippen MR) is 107 cm³/mol. The summed E-state index contributed by atoms with van der Waals surface area (Å²) in [5.41, 5.74) is 0. The van der Waals surface area contributed by atoms with Crippen molar-refractivity contribution in [2.45, 2.75) is 55.4 Å². The topological polar surface area (TPSA) is 0 Å². The molecule has 0 amide bonds. The number of halogens is 4. The maximum Gasteiger partial charge on any atom is -0.0683 e. The molecule has 0 aliphatic carbocycles. The van der Waals surface area contributed by atoms with Crippen molar-refractivity contribution >= 4 is 95.9 Å². The summed E-state index contributed by atoms with van der Waals surface area (Å²) in [5.74, 6) is 0. The quantitative estimate of drug-likeness (QED) is 0.265. The molecular weight excluding hydrogens is 604 g/mol. The molecule has 0 atom stereocenters. The van der Waals surface area contributed by atoms with Crippen LogP contribution in [0, 0.1) is 0 Å². The molecule has 0 heterocycles. The second-order valence-corrected chi connectivity index (χ2v) is 0. The highest BCUT2D eigenvalue weighted by Crippen LogP contribution is 1.15. The van der Waals surface area contributed by atoms with E-state index in [9.17, 15) is 0 Å². The highest BCUT2D eigenvalue weighted by Gasteiger charge is 0.938. The second-order valence-electron chi connectivity index (χ2n) is 0. The van der Waals surface area contributed by atoms with Crippen LogP contribution in [0.15, 0.2) is 0 Å². The van der Waals surface area contributed by atoms with E-state index in [1.165, 1.54) is 0 Å². The first-order valence-corrected chi connectivity index (χ1v) is 4.00. The van der Waals surface area contributed by atoms with Gasteiger partial charge in [-0.3, -0.25) is 0 Å². The summed E-state index contributed by atoms with van der Waals surface area (Å²) in [6.45, 7) is 16.0. The van der Waals surface area contributed by atoms with Gasteiger partial charge >= 0.3 is 0 Å². The van der Waals surface area contributed by atoms with Gasteiger partial charge in [-0.2, -0.15) is 0 Å². The fraction of sp³-hybridized carbons (Fsp3) is 1.00. The van der Waals surface area contributed by atoms with Crippen LogP contribution in [0.5, 0.6) is 0 Å². The highest BCUT2D eigenvalue weighted by atomic mass is 127. The minimum absolute atomic E-state index is 0. The van der Waals surface area contributed by atoms with Crippen LogP contribution in [0.25, 0.3) is 0 Å². The summed E-state index contributed by atoms with van der Waals surface area (Å²) in [5, 5.41) is 0. The molecular formula is C8H28I4. The zero-order valence-electron chi connectivity index (χ0n) is 9.63. The Labute approximate surface area is 149 Å². The first-order valence-electron chi connectivity index (χ1n) is 4.00. The van der Waals surface area contributed by atoms with E-state index in [1.807, 2.05) is 55.4 Å². The van der Waals surface area contributed by atoms with E-state index in [-0.39, 0.29) is 95.9 Å². The Bertz CT molecular complexity index is 11.0. The van der Waals surface area contributed by atoms with Crippen LogP contribution in [-0.4, -0.2) is 0 Å². The van der Waals surface area contributed by atoms with Gasteiger partial charge in [0, 0.05) is 0 Å². The molecule has 0 saturated carbocycles. The molecule has 88 valence electrons. The molecule has 4 heteroatoms. The first-order chi connectivity index (χ1) is 4.00. The van der Waals surface area contributed by atoms with Gasteiger partial charge in [0.25, 0.3) is 0 Å². The summed E-state index contributed by atoms with van der Waals surface area (Å²) in [7, 11) is 0. The smallest absolute Gasteiger partial charge is 0.0683 e. The fourth-order valence-corrected chi connectivity index (χ4v) is 0. The summed E-state index contributed by atoms with van der Waals surface area (Å²) >= 11 is 0. The lowest BCUT2D eigenvalue weighted by molar-refractivity contribution is 1.50. The van der Waals surface area contributed by atoms with Crippen LogP contribution in [-0.2, 0) is 0 Å². The molecule has 12 heavy (non-hydrogen) atoms. The van der Waals surface area contributed by atoms with E-state index in [4.69, 9.17) is 0 Å². The molecule has 0 nitrogen and oxygen atoms in total. The molecule has 0 aliphatic rings. The third kappa shape index (κ3) is 215. The van der Waals surface area contributed by atoms with E-state index in [0.29, 0.717) is 0 Å². The van der Waals surface area contributed by atoms with E-state index >= 15 is 0 Å². The predicted octanol–water partition coefficient (Wildman–Crippen LogP) is 6.58. The normalized spacial score (nSPS) is 2.00. The molecule has 0 radical (unpaired) electrons. The third-order valence-corrected chi connectivity index (χ3v) is 0. The van der Waals surface area contributed by atoms with Crippen LogP contribution >= 0.6 is 95.9 Å². The van der Waals surface area contributed by atoms with Gasteiger partial charge in [-0.1, -0.05) is 55.4 Å². The summed E-state index contributed by atoms with van der Waals surface area (Å²) in [6, 6.07) is 0. The summed E-state index contributed by atoms with van der Waals surface area (Å²) < 4.78 is 0. The zero-order chi connectivity index (χ0) is 8.00. The van der Waals surface area contributed by atoms with Gasteiger partial charge in [0.1, 0.15) is 0 Å². The van der Waals surface area contributed by atoms with Crippen molar-refractivity contribution in [3.8, 4) is 0 Å². The van der Waals surface area contributed by atoms with E-state index in [0.717, 1.165) is 0 Å². The van der Waals surface area contributed by atoms with Gasteiger partial charge in [-0.05, 0) is 0 Å². The van der Waals surface area contributed by atoms with Crippen LogP contribution in [0.2, 0.25) is 0 Å². The summed E-state index contributed by atoms with van der Waals surface area (Å²) in [4.78, 5) is 0. The molecule has 0 aromatic rings. The molecule has 0 spiro atoms. The van der Waals surface area contributed by atoms with Crippen molar-refractivity contribution in [2.24, 2.45) is 0 Å². The largest absolute Gasteiger partial charge is 0.107 e. The molecule has 0 aromatic carbocycles. The van der Waals surface area contributed by atoms with Crippen LogP contribution in [0.1, 0.15) is 55.4 Å². The van der Waals surface area contributed by atoms with Crippen molar-refractivity contribution in [1.29, 1.82) is 0 Å². The van der Waals surface area contributed by atoms with Crippen molar-refractivity contribution in [3.63, 3.8) is 0 Å². The lowest BCUT2D eigenvalue weighted by Crippen LogP contribution is -0.856. The lowest BCUT2D eigenvalue weighted by Gasteiger charge is -1.07. The highest BCUT2D eigenvalue weighted by molar-refractivity contribution is 14.0. The van der Waals surface area contributed by atoms with E-state index in [2.05, 4.69) is 0 Å². The van der Waals surface area contributed by atoms with Gasteiger partial charge in [-0.25, -0.2) is 0 Å². The van der Waals surface area contributed by atoms with Gasteiger partial charge in [0.15, 0.2) is 0 Å². The maximum atomic E-state index is 2.00. The fourth-order valence-electron chi connectivity index (χ4n) is 0. The molecule has 0 bridgehead atoms. The zero-order valence-corrected chi connectivity index (χ0v) is 19.0. The number of hydrogen-bond acceptors (Lipinski definition) is 0. The third-order valence-electron chi connectivity index (χ3n) is 0. The number of rotatable bonds is 0. The Hall–Kier alpha value is 2.92. The lowest BCUT2D eigenvalue weighted by atomic mass is 11.0. The molecule has 0 aromatic heterocycles. The SMILES string of the molecule is CC.CC.CC.CC.I.I.I.I.